The molecule has 9 nitrogen and oxygen atoms in total. The molecule has 22 heavy (non-hydrogen) atoms. The fourth-order valence-corrected chi connectivity index (χ4v) is 3.12. The highest BCUT2D eigenvalue weighted by molar-refractivity contribution is 5.81. The zero-order valence-electron chi connectivity index (χ0n) is 12.8. The standard InChI is InChI=1S/C13H21N6O3/c1-19(2,3)9-7(4-20)22-13(10(9)21)18-6-17-8-11(14)15-5-16-12(8)18/h5-7,9-10,13,20-21H,4H2,1-3H3,(H2,14,15,16)/q+1/t7-,9-,10-,13-/m1/s1. The lowest BCUT2D eigenvalue weighted by Crippen LogP contribution is -2.55. The van der Waals surface area contributed by atoms with E-state index in [0.717, 1.165) is 0 Å². The van der Waals surface area contributed by atoms with E-state index < -0.39 is 18.4 Å². The van der Waals surface area contributed by atoms with Crippen molar-refractivity contribution < 1.29 is 19.4 Å². The lowest BCUT2D eigenvalue weighted by atomic mass is 10.0. The molecule has 4 atom stereocenters. The van der Waals surface area contributed by atoms with Gasteiger partial charge in [-0.2, -0.15) is 0 Å². The van der Waals surface area contributed by atoms with Gasteiger partial charge in [0, 0.05) is 0 Å². The smallest absolute Gasteiger partial charge is 0.169 e. The van der Waals surface area contributed by atoms with Crippen LogP contribution < -0.4 is 5.73 Å². The third kappa shape index (κ3) is 2.22. The second kappa shape index (κ2) is 5.13. The van der Waals surface area contributed by atoms with Crippen molar-refractivity contribution in [2.24, 2.45) is 0 Å². The first-order chi connectivity index (χ1) is 10.3. The van der Waals surface area contributed by atoms with Crippen molar-refractivity contribution >= 4 is 17.0 Å². The fraction of sp³-hybridized carbons (Fsp3) is 0.615. The number of anilines is 1. The second-order valence-corrected chi connectivity index (χ2v) is 6.43. The second-order valence-electron chi connectivity index (χ2n) is 6.43. The van der Waals surface area contributed by atoms with Gasteiger partial charge in [-0.05, 0) is 0 Å². The summed E-state index contributed by atoms with van der Waals surface area (Å²) < 4.78 is 7.96. The largest absolute Gasteiger partial charge is 0.393 e. The Labute approximate surface area is 127 Å². The quantitative estimate of drug-likeness (QED) is 0.605. The highest BCUT2D eigenvalue weighted by Gasteiger charge is 2.51. The zero-order chi connectivity index (χ0) is 16.1. The van der Waals surface area contributed by atoms with Crippen molar-refractivity contribution in [1.29, 1.82) is 0 Å². The van der Waals surface area contributed by atoms with E-state index in [9.17, 15) is 10.2 Å². The Morgan fingerprint density at radius 1 is 1.32 bits per heavy atom. The van der Waals surface area contributed by atoms with Crippen LogP contribution in [0.1, 0.15) is 6.23 Å². The van der Waals surface area contributed by atoms with Gasteiger partial charge in [-0.1, -0.05) is 0 Å². The third-order valence-electron chi connectivity index (χ3n) is 4.07. The molecule has 9 heteroatoms. The Morgan fingerprint density at radius 2 is 2.05 bits per heavy atom. The number of aliphatic hydroxyl groups excluding tert-OH is 2. The van der Waals surface area contributed by atoms with Gasteiger partial charge in [-0.15, -0.1) is 0 Å². The van der Waals surface area contributed by atoms with E-state index >= 15 is 0 Å². The average Bonchev–Trinajstić information content (AvgIpc) is 2.99. The van der Waals surface area contributed by atoms with E-state index in [1.807, 2.05) is 21.1 Å². The van der Waals surface area contributed by atoms with Crippen LogP contribution in [0.15, 0.2) is 12.7 Å². The van der Waals surface area contributed by atoms with Gasteiger partial charge in [0.05, 0.1) is 34.1 Å². The van der Waals surface area contributed by atoms with E-state index in [2.05, 4.69) is 15.0 Å². The van der Waals surface area contributed by atoms with Crippen LogP contribution in [-0.4, -0.2) is 80.2 Å². The lowest BCUT2D eigenvalue weighted by molar-refractivity contribution is -0.900. The first kappa shape index (κ1) is 15.1. The van der Waals surface area contributed by atoms with Gasteiger partial charge >= 0.3 is 0 Å². The van der Waals surface area contributed by atoms with Gasteiger partial charge in [-0.25, -0.2) is 15.0 Å². The van der Waals surface area contributed by atoms with Crippen LogP contribution >= 0.6 is 0 Å². The number of ether oxygens (including phenoxy) is 1. The molecular weight excluding hydrogens is 288 g/mol. The molecule has 0 radical (unpaired) electrons. The van der Waals surface area contributed by atoms with Crippen molar-refractivity contribution in [2.75, 3.05) is 33.5 Å². The normalized spacial score (nSPS) is 29.3. The molecular formula is C13H21N6O3+. The van der Waals surface area contributed by atoms with E-state index in [1.54, 1.807) is 4.57 Å². The molecule has 0 unspecified atom stereocenters. The number of aliphatic hydroxyl groups is 2. The maximum Gasteiger partial charge on any atom is 0.169 e. The average molecular weight is 309 g/mol. The number of rotatable bonds is 3. The Kier molecular flexibility index (Phi) is 3.52. The van der Waals surface area contributed by atoms with E-state index in [1.165, 1.54) is 12.7 Å². The summed E-state index contributed by atoms with van der Waals surface area (Å²) in [5.41, 5.74) is 6.74. The molecule has 0 bridgehead atoms. The Hall–Kier alpha value is -1.81. The monoisotopic (exact) mass is 309 g/mol. The van der Waals surface area contributed by atoms with Crippen LogP contribution in [0.3, 0.4) is 0 Å². The molecule has 1 aliphatic rings. The van der Waals surface area contributed by atoms with Crippen molar-refractivity contribution in [3.63, 3.8) is 0 Å². The third-order valence-corrected chi connectivity index (χ3v) is 4.07. The van der Waals surface area contributed by atoms with Gasteiger partial charge in [0.15, 0.2) is 23.8 Å². The molecule has 3 rings (SSSR count). The van der Waals surface area contributed by atoms with Crippen molar-refractivity contribution in [2.45, 2.75) is 24.5 Å². The number of hydrogen-bond acceptors (Lipinski definition) is 7. The number of nitrogens with two attached hydrogens (primary N) is 1. The van der Waals surface area contributed by atoms with Gasteiger partial charge < -0.3 is 25.2 Å². The fourth-order valence-electron chi connectivity index (χ4n) is 3.12. The number of likely N-dealkylation sites (N-methyl/N-ethyl adjacent to an activating group) is 1. The summed E-state index contributed by atoms with van der Waals surface area (Å²) >= 11 is 0. The first-order valence-corrected chi connectivity index (χ1v) is 7.03. The lowest BCUT2D eigenvalue weighted by Gasteiger charge is -2.35. The molecule has 2 aromatic heterocycles. The minimum atomic E-state index is -0.814. The number of fused-ring (bicyclic) bond motifs is 1. The summed E-state index contributed by atoms with van der Waals surface area (Å²) in [6, 6.07) is -0.272. The van der Waals surface area contributed by atoms with Crippen LogP contribution in [-0.2, 0) is 4.74 Å². The molecule has 2 aromatic rings. The number of nitrogen functional groups attached to an aromatic ring is 1. The van der Waals surface area contributed by atoms with E-state index in [0.29, 0.717) is 15.6 Å². The van der Waals surface area contributed by atoms with Crippen LogP contribution in [0, 0.1) is 0 Å². The zero-order valence-corrected chi connectivity index (χ0v) is 12.8. The topological polar surface area (TPSA) is 119 Å². The molecule has 4 N–H and O–H groups in total. The molecule has 0 spiro atoms. The number of quaternary nitrogens is 1. The minimum Gasteiger partial charge on any atom is -0.393 e. The summed E-state index contributed by atoms with van der Waals surface area (Å²) in [7, 11) is 5.86. The molecule has 3 heterocycles. The highest BCUT2D eigenvalue weighted by atomic mass is 16.5. The molecule has 0 aromatic carbocycles. The van der Waals surface area contributed by atoms with Crippen molar-refractivity contribution in [3.8, 4) is 0 Å². The Balaban J connectivity index is 2.03. The minimum absolute atomic E-state index is 0.169. The Bertz CT molecular complexity index is 682. The summed E-state index contributed by atoms with van der Waals surface area (Å²) in [6.45, 7) is -0.169. The molecule has 1 aliphatic heterocycles. The van der Waals surface area contributed by atoms with Crippen LogP contribution in [0.5, 0.6) is 0 Å². The Morgan fingerprint density at radius 3 is 2.64 bits per heavy atom. The van der Waals surface area contributed by atoms with Crippen molar-refractivity contribution in [3.05, 3.63) is 12.7 Å². The molecule has 0 amide bonds. The SMILES string of the molecule is C[N+](C)(C)[C@H]1[C@@H](O)[C@H](n2cnc3c(N)ncnc32)O[C@@H]1CO. The van der Waals surface area contributed by atoms with Gasteiger partial charge in [0.25, 0.3) is 0 Å². The molecule has 0 saturated carbocycles. The predicted molar refractivity (Wildman–Crippen MR) is 78.6 cm³/mol. The number of nitrogens with zero attached hydrogens (tertiary/aromatic N) is 5. The van der Waals surface area contributed by atoms with Crippen molar-refractivity contribution in [1.82, 2.24) is 19.5 Å². The number of hydrogen-bond donors (Lipinski definition) is 3. The van der Waals surface area contributed by atoms with Crippen LogP contribution in [0.2, 0.25) is 0 Å². The summed E-state index contributed by atoms with van der Waals surface area (Å²) in [4.78, 5) is 12.3. The maximum absolute atomic E-state index is 10.7. The number of aromatic nitrogens is 4. The van der Waals surface area contributed by atoms with E-state index in [-0.39, 0.29) is 18.5 Å². The maximum atomic E-state index is 10.7. The molecule has 120 valence electrons. The molecule has 0 aliphatic carbocycles. The summed E-state index contributed by atoms with van der Waals surface area (Å²) in [6.07, 6.45) is 0.898. The number of imidazole rings is 1. The van der Waals surface area contributed by atoms with Gasteiger partial charge in [0.2, 0.25) is 0 Å². The molecule has 1 fully saturated rings. The molecule has 1 saturated heterocycles. The van der Waals surface area contributed by atoms with Gasteiger partial charge in [0.1, 0.15) is 24.0 Å². The van der Waals surface area contributed by atoms with Gasteiger partial charge in [-0.3, -0.25) is 4.57 Å². The van der Waals surface area contributed by atoms with Crippen LogP contribution in [0.4, 0.5) is 5.82 Å². The summed E-state index contributed by atoms with van der Waals surface area (Å²) in [5.74, 6) is 0.276. The first-order valence-electron chi connectivity index (χ1n) is 7.03. The van der Waals surface area contributed by atoms with E-state index in [4.69, 9.17) is 10.5 Å². The summed E-state index contributed by atoms with van der Waals surface area (Å²) in [5, 5.41) is 20.3. The predicted octanol–water partition coefficient (Wildman–Crippen LogP) is -1.27. The van der Waals surface area contributed by atoms with Crippen LogP contribution in [0.25, 0.3) is 11.2 Å². The highest BCUT2D eigenvalue weighted by Crippen LogP contribution is 2.35.